The normalized spacial score (nSPS) is 10.9. The maximum Gasteiger partial charge on any atom is 0.251 e. The molecule has 0 fully saturated rings. The van der Waals surface area contributed by atoms with Gasteiger partial charge in [-0.2, -0.15) is 0 Å². The molecule has 10 heteroatoms. The summed E-state index contributed by atoms with van der Waals surface area (Å²) < 4.78 is 36.4. The van der Waals surface area contributed by atoms with Crippen molar-refractivity contribution in [1.82, 2.24) is 15.4 Å². The van der Waals surface area contributed by atoms with Crippen molar-refractivity contribution in [1.29, 1.82) is 0 Å². The van der Waals surface area contributed by atoms with Gasteiger partial charge in [0.25, 0.3) is 11.8 Å². The Morgan fingerprint density at radius 2 is 1.41 bits per heavy atom. The lowest BCUT2D eigenvalue weighted by molar-refractivity contribution is 0.0927. The monoisotopic (exact) mass is 421 g/mol. The van der Waals surface area contributed by atoms with E-state index in [9.17, 15) is 18.0 Å². The van der Waals surface area contributed by atoms with Gasteiger partial charge in [0.2, 0.25) is 10.0 Å². The lowest BCUT2D eigenvalue weighted by atomic mass is 10.2. The fourth-order valence-corrected chi connectivity index (χ4v) is 3.35. The number of hydrogen-bond acceptors (Lipinski definition) is 6. The molecule has 156 valence electrons. The Kier molecular flexibility index (Phi) is 7.57. The molecule has 0 spiro atoms. The van der Waals surface area contributed by atoms with Gasteiger partial charge >= 0.3 is 0 Å². The zero-order valence-electron chi connectivity index (χ0n) is 16.3. The summed E-state index contributed by atoms with van der Waals surface area (Å²) in [4.78, 5) is 24.2. The second-order valence-corrected chi connectivity index (χ2v) is 7.67. The van der Waals surface area contributed by atoms with E-state index >= 15 is 0 Å². The number of carbonyl (C=O) groups excluding carboxylic acids is 2. The average molecular weight is 421 g/mol. The summed E-state index contributed by atoms with van der Waals surface area (Å²) in [6, 6.07) is 10.7. The van der Waals surface area contributed by atoms with Crippen molar-refractivity contribution in [3.63, 3.8) is 0 Å². The van der Waals surface area contributed by atoms with E-state index in [4.69, 9.17) is 9.47 Å². The summed E-state index contributed by atoms with van der Waals surface area (Å²) in [5.41, 5.74) is 0.621. The van der Waals surface area contributed by atoms with E-state index in [2.05, 4.69) is 15.4 Å². The minimum atomic E-state index is -3.79. The zero-order chi connectivity index (χ0) is 21.4. The van der Waals surface area contributed by atoms with Crippen molar-refractivity contribution < 1.29 is 27.5 Å². The Labute approximate surface area is 169 Å². The van der Waals surface area contributed by atoms with Gasteiger partial charge < -0.3 is 20.1 Å². The fraction of sp³-hybridized carbons (Fsp3) is 0.263. The molecule has 2 aromatic rings. The SMILES string of the molecule is CNS(=O)(=O)c1cc(C(=O)NCCNC(=O)c2ccc(OC)cc2)ccc1OC. The van der Waals surface area contributed by atoms with E-state index in [1.807, 2.05) is 0 Å². The summed E-state index contributed by atoms with van der Waals surface area (Å²) in [6.07, 6.45) is 0. The van der Waals surface area contributed by atoms with E-state index in [-0.39, 0.29) is 35.2 Å². The van der Waals surface area contributed by atoms with E-state index in [0.717, 1.165) is 0 Å². The van der Waals surface area contributed by atoms with Gasteiger partial charge in [0.1, 0.15) is 16.4 Å². The van der Waals surface area contributed by atoms with Crippen LogP contribution in [0.2, 0.25) is 0 Å². The number of carbonyl (C=O) groups is 2. The highest BCUT2D eigenvalue weighted by Crippen LogP contribution is 2.24. The minimum absolute atomic E-state index is 0.127. The number of nitrogens with one attached hydrogen (secondary N) is 3. The van der Waals surface area contributed by atoms with E-state index in [1.165, 1.54) is 39.5 Å². The molecule has 0 bridgehead atoms. The zero-order valence-corrected chi connectivity index (χ0v) is 17.1. The molecular formula is C19H23N3O6S. The third-order valence-corrected chi connectivity index (χ3v) is 5.47. The van der Waals surface area contributed by atoms with Crippen LogP contribution in [0.3, 0.4) is 0 Å². The Morgan fingerprint density at radius 3 is 1.93 bits per heavy atom. The van der Waals surface area contributed by atoms with Crippen LogP contribution in [0.1, 0.15) is 20.7 Å². The molecule has 3 N–H and O–H groups in total. The molecule has 2 rings (SSSR count). The molecule has 9 nitrogen and oxygen atoms in total. The molecule has 0 aliphatic carbocycles. The number of benzene rings is 2. The first-order chi connectivity index (χ1) is 13.8. The summed E-state index contributed by atoms with van der Waals surface area (Å²) in [5.74, 6) is 0.0169. The lowest BCUT2D eigenvalue weighted by Crippen LogP contribution is -2.34. The fourth-order valence-electron chi connectivity index (χ4n) is 2.44. The predicted molar refractivity (Wildman–Crippen MR) is 107 cm³/mol. The van der Waals surface area contributed by atoms with Gasteiger partial charge in [-0.3, -0.25) is 9.59 Å². The first-order valence-corrected chi connectivity index (χ1v) is 10.1. The highest BCUT2D eigenvalue weighted by molar-refractivity contribution is 7.89. The number of rotatable bonds is 9. The first-order valence-electron chi connectivity index (χ1n) is 8.64. The van der Waals surface area contributed by atoms with Gasteiger partial charge in [0.15, 0.2) is 0 Å². The second-order valence-electron chi connectivity index (χ2n) is 5.81. The van der Waals surface area contributed by atoms with Crippen LogP contribution in [-0.4, -0.2) is 54.6 Å². The number of sulfonamides is 1. The second kappa shape index (κ2) is 9.89. The standard InChI is InChI=1S/C19H23N3O6S/c1-20-29(25,26)17-12-14(6-9-16(17)28-3)19(24)22-11-10-21-18(23)13-4-7-15(27-2)8-5-13/h4-9,12,20H,10-11H2,1-3H3,(H,21,23)(H,22,24). The van der Waals surface area contributed by atoms with Crippen molar-refractivity contribution >= 4 is 21.8 Å². The van der Waals surface area contributed by atoms with Gasteiger partial charge in [0, 0.05) is 24.2 Å². The average Bonchev–Trinajstić information content (AvgIpc) is 2.75. The molecule has 0 radical (unpaired) electrons. The molecule has 0 aromatic heterocycles. The van der Waals surface area contributed by atoms with Crippen LogP contribution in [0, 0.1) is 0 Å². The Morgan fingerprint density at radius 1 is 0.862 bits per heavy atom. The molecular weight excluding hydrogens is 398 g/mol. The van der Waals surface area contributed by atoms with Crippen molar-refractivity contribution in [3.05, 3.63) is 53.6 Å². The summed E-state index contributed by atoms with van der Waals surface area (Å²) in [5, 5.41) is 5.31. The van der Waals surface area contributed by atoms with Crippen LogP contribution < -0.4 is 24.8 Å². The summed E-state index contributed by atoms with van der Waals surface area (Å²) >= 11 is 0. The van der Waals surface area contributed by atoms with Crippen LogP contribution in [0.15, 0.2) is 47.4 Å². The van der Waals surface area contributed by atoms with Gasteiger partial charge in [0.05, 0.1) is 14.2 Å². The molecule has 0 saturated heterocycles. The number of hydrogen-bond donors (Lipinski definition) is 3. The number of amides is 2. The molecule has 29 heavy (non-hydrogen) atoms. The Bertz CT molecular complexity index is 974. The van der Waals surface area contributed by atoms with Crippen molar-refractivity contribution in [3.8, 4) is 11.5 Å². The van der Waals surface area contributed by atoms with Crippen LogP contribution in [0.5, 0.6) is 11.5 Å². The predicted octanol–water partition coefficient (Wildman–Crippen LogP) is 0.772. The van der Waals surface area contributed by atoms with E-state index in [1.54, 1.807) is 24.3 Å². The third kappa shape index (κ3) is 5.69. The lowest BCUT2D eigenvalue weighted by Gasteiger charge is -2.11. The molecule has 2 amide bonds. The van der Waals surface area contributed by atoms with E-state index < -0.39 is 15.9 Å². The highest BCUT2D eigenvalue weighted by Gasteiger charge is 2.20. The third-order valence-electron chi connectivity index (χ3n) is 4.03. The van der Waals surface area contributed by atoms with Crippen molar-refractivity contribution in [2.75, 3.05) is 34.4 Å². The molecule has 0 atom stereocenters. The maximum atomic E-state index is 12.3. The topological polar surface area (TPSA) is 123 Å². The molecule has 0 aliphatic rings. The van der Waals surface area contributed by atoms with Crippen LogP contribution in [0.4, 0.5) is 0 Å². The van der Waals surface area contributed by atoms with Crippen LogP contribution in [-0.2, 0) is 10.0 Å². The molecule has 0 saturated carbocycles. The Hall–Kier alpha value is -3.11. The van der Waals surface area contributed by atoms with Crippen molar-refractivity contribution in [2.45, 2.75) is 4.90 Å². The number of methoxy groups -OCH3 is 2. The van der Waals surface area contributed by atoms with Gasteiger partial charge in [-0.25, -0.2) is 13.1 Å². The smallest absolute Gasteiger partial charge is 0.251 e. The molecule has 0 unspecified atom stereocenters. The molecule has 0 aliphatic heterocycles. The largest absolute Gasteiger partial charge is 0.497 e. The van der Waals surface area contributed by atoms with Crippen LogP contribution in [0.25, 0.3) is 0 Å². The minimum Gasteiger partial charge on any atom is -0.497 e. The van der Waals surface area contributed by atoms with Gasteiger partial charge in [-0.15, -0.1) is 0 Å². The Balaban J connectivity index is 1.93. The quantitative estimate of drug-likeness (QED) is 0.514. The molecule has 0 heterocycles. The first kappa shape index (κ1) is 22.2. The van der Waals surface area contributed by atoms with Crippen LogP contribution >= 0.6 is 0 Å². The summed E-state index contributed by atoms with van der Waals surface area (Å²) in [7, 11) is 0.363. The van der Waals surface area contributed by atoms with Gasteiger partial charge in [-0.1, -0.05) is 0 Å². The summed E-state index contributed by atoms with van der Waals surface area (Å²) in [6.45, 7) is 0.370. The number of ether oxygens (including phenoxy) is 2. The van der Waals surface area contributed by atoms with Crippen molar-refractivity contribution in [2.24, 2.45) is 0 Å². The van der Waals surface area contributed by atoms with E-state index in [0.29, 0.717) is 11.3 Å². The highest BCUT2D eigenvalue weighted by atomic mass is 32.2. The molecule has 2 aromatic carbocycles. The van der Waals surface area contributed by atoms with Gasteiger partial charge in [-0.05, 0) is 49.5 Å². The maximum absolute atomic E-state index is 12.3.